The highest BCUT2D eigenvalue weighted by molar-refractivity contribution is 7.89. The van der Waals surface area contributed by atoms with Crippen LogP contribution in [0.5, 0.6) is 0 Å². The van der Waals surface area contributed by atoms with Gasteiger partial charge < -0.3 is 4.90 Å². The molecule has 1 fully saturated rings. The van der Waals surface area contributed by atoms with Crippen LogP contribution in [0.25, 0.3) is 0 Å². The summed E-state index contributed by atoms with van der Waals surface area (Å²) in [5.74, 6) is 0.259. The fraction of sp³-hybridized carbons (Fsp3) is 0.636. The molecule has 10 heteroatoms. The summed E-state index contributed by atoms with van der Waals surface area (Å²) < 4.78 is 59.2. The average Bonchev–Trinajstić information content (AvgIpc) is 2.37. The summed E-state index contributed by atoms with van der Waals surface area (Å²) in [5, 5.41) is 11.8. The van der Waals surface area contributed by atoms with Crippen molar-refractivity contribution in [1.29, 1.82) is 0 Å². The number of alkyl halides is 3. The molecular weight excluding hydrogens is 309 g/mol. The molecule has 0 spiro atoms. The number of aromatic nitrogens is 2. The van der Waals surface area contributed by atoms with Crippen LogP contribution >= 0.6 is 0 Å². The number of nitrogens with two attached hydrogens (primary N) is 1. The van der Waals surface area contributed by atoms with E-state index < -0.39 is 21.9 Å². The third kappa shape index (κ3) is 4.53. The second-order valence-electron chi connectivity index (χ2n) is 5.03. The lowest BCUT2D eigenvalue weighted by Crippen LogP contribution is -2.37. The molecule has 2 heterocycles. The normalized spacial score (nSPS) is 18.0. The zero-order chi connectivity index (χ0) is 15.7. The first kappa shape index (κ1) is 16.0. The van der Waals surface area contributed by atoms with Crippen molar-refractivity contribution in [3.8, 4) is 0 Å². The zero-order valence-corrected chi connectivity index (χ0v) is 11.9. The van der Waals surface area contributed by atoms with Crippen molar-refractivity contribution in [3.63, 3.8) is 0 Å². The van der Waals surface area contributed by atoms with Gasteiger partial charge in [0.1, 0.15) is 0 Å². The second-order valence-corrected chi connectivity index (χ2v) is 6.69. The van der Waals surface area contributed by atoms with E-state index in [9.17, 15) is 21.6 Å². The monoisotopic (exact) mass is 324 g/mol. The summed E-state index contributed by atoms with van der Waals surface area (Å²) in [4.78, 5) is 1.78. The topological polar surface area (TPSA) is 89.2 Å². The van der Waals surface area contributed by atoms with E-state index in [4.69, 9.17) is 5.14 Å². The average molecular weight is 324 g/mol. The molecule has 6 nitrogen and oxygen atoms in total. The molecule has 0 atom stereocenters. The van der Waals surface area contributed by atoms with E-state index in [1.807, 2.05) is 0 Å². The highest BCUT2D eigenvalue weighted by Gasteiger charge is 2.33. The lowest BCUT2D eigenvalue weighted by atomic mass is 9.99. The Morgan fingerprint density at radius 2 is 1.86 bits per heavy atom. The van der Waals surface area contributed by atoms with Crippen LogP contribution < -0.4 is 10.0 Å². The highest BCUT2D eigenvalue weighted by atomic mass is 32.2. The molecule has 118 valence electrons. The summed E-state index contributed by atoms with van der Waals surface area (Å²) in [6.07, 6.45) is -3.31. The van der Waals surface area contributed by atoms with Crippen molar-refractivity contribution >= 4 is 15.8 Å². The molecule has 1 aliphatic heterocycles. The van der Waals surface area contributed by atoms with Crippen LogP contribution in [-0.2, 0) is 16.2 Å². The molecule has 1 aliphatic rings. The van der Waals surface area contributed by atoms with E-state index in [2.05, 4.69) is 10.2 Å². The number of hydrogen-bond donors (Lipinski definition) is 1. The van der Waals surface area contributed by atoms with E-state index in [-0.39, 0.29) is 11.7 Å². The Morgan fingerprint density at radius 3 is 2.29 bits per heavy atom. The zero-order valence-electron chi connectivity index (χ0n) is 11.0. The van der Waals surface area contributed by atoms with Crippen LogP contribution in [0.3, 0.4) is 0 Å². The largest absolute Gasteiger partial charge is 0.435 e. The van der Waals surface area contributed by atoms with Crippen LogP contribution in [0, 0.1) is 5.92 Å². The number of piperidine rings is 1. The third-order valence-electron chi connectivity index (χ3n) is 3.35. The molecule has 1 aromatic heterocycles. The van der Waals surface area contributed by atoms with Gasteiger partial charge in [0.05, 0.1) is 5.75 Å². The molecule has 2 rings (SSSR count). The van der Waals surface area contributed by atoms with Crippen LogP contribution in [-0.4, -0.2) is 37.5 Å². The summed E-state index contributed by atoms with van der Waals surface area (Å²) in [6, 6.07) is 2.16. The Bertz CT molecular complexity index is 580. The van der Waals surface area contributed by atoms with E-state index in [1.165, 1.54) is 6.07 Å². The predicted molar refractivity (Wildman–Crippen MR) is 69.9 cm³/mol. The first-order chi connectivity index (χ1) is 9.65. The summed E-state index contributed by atoms with van der Waals surface area (Å²) in [7, 11) is -3.50. The number of rotatable bonds is 3. The fourth-order valence-corrected chi connectivity index (χ4v) is 3.29. The van der Waals surface area contributed by atoms with Gasteiger partial charge in [-0.05, 0) is 30.9 Å². The van der Waals surface area contributed by atoms with Gasteiger partial charge in [-0.15, -0.1) is 10.2 Å². The number of sulfonamides is 1. The fourth-order valence-electron chi connectivity index (χ4n) is 2.30. The van der Waals surface area contributed by atoms with E-state index >= 15 is 0 Å². The van der Waals surface area contributed by atoms with Crippen LogP contribution in [0.2, 0.25) is 0 Å². The van der Waals surface area contributed by atoms with E-state index in [0.717, 1.165) is 6.07 Å². The van der Waals surface area contributed by atoms with Crippen LogP contribution in [0.15, 0.2) is 12.1 Å². The first-order valence-corrected chi connectivity index (χ1v) is 8.03. The Balaban J connectivity index is 1.96. The number of anilines is 1. The van der Waals surface area contributed by atoms with Crippen molar-refractivity contribution in [1.82, 2.24) is 10.2 Å². The minimum Gasteiger partial charge on any atom is -0.355 e. The molecule has 1 aromatic rings. The smallest absolute Gasteiger partial charge is 0.355 e. The van der Waals surface area contributed by atoms with Crippen molar-refractivity contribution < 1.29 is 21.6 Å². The van der Waals surface area contributed by atoms with Gasteiger partial charge >= 0.3 is 6.18 Å². The maximum atomic E-state index is 12.4. The molecule has 21 heavy (non-hydrogen) atoms. The van der Waals surface area contributed by atoms with E-state index in [0.29, 0.717) is 31.7 Å². The standard InChI is InChI=1S/C11H15F3N4O2S/c12-11(13,14)9-1-2-10(17-16-9)18-5-3-8(4-6-18)7-21(15,19)20/h1-2,8H,3-7H2,(H2,15,19,20). The SMILES string of the molecule is NS(=O)(=O)CC1CCN(c2ccc(C(F)(F)F)nn2)CC1. The summed E-state index contributed by atoms with van der Waals surface area (Å²) >= 11 is 0. The molecule has 2 N–H and O–H groups in total. The molecule has 0 aromatic carbocycles. The Morgan fingerprint density at radius 1 is 1.24 bits per heavy atom. The molecule has 0 unspecified atom stereocenters. The van der Waals surface area contributed by atoms with Crippen LogP contribution in [0.1, 0.15) is 18.5 Å². The number of primary sulfonamides is 1. The number of nitrogens with zero attached hydrogens (tertiary/aromatic N) is 3. The number of halogens is 3. The van der Waals surface area contributed by atoms with Gasteiger partial charge in [-0.3, -0.25) is 0 Å². The van der Waals surface area contributed by atoms with Crippen LogP contribution in [0.4, 0.5) is 19.0 Å². The second kappa shape index (κ2) is 5.76. The van der Waals surface area contributed by atoms with Crippen molar-refractivity contribution in [2.24, 2.45) is 11.1 Å². The maximum Gasteiger partial charge on any atom is 0.435 e. The molecular formula is C11H15F3N4O2S. The molecule has 0 radical (unpaired) electrons. The van der Waals surface area contributed by atoms with Gasteiger partial charge in [0.25, 0.3) is 0 Å². The Labute approximate surface area is 120 Å². The third-order valence-corrected chi connectivity index (χ3v) is 4.28. The highest BCUT2D eigenvalue weighted by Crippen LogP contribution is 2.28. The van der Waals surface area contributed by atoms with Gasteiger partial charge in [-0.1, -0.05) is 0 Å². The van der Waals surface area contributed by atoms with Crippen molar-refractivity contribution in [2.75, 3.05) is 23.7 Å². The lowest BCUT2D eigenvalue weighted by Gasteiger charge is -2.32. The molecule has 0 amide bonds. The quantitative estimate of drug-likeness (QED) is 0.896. The van der Waals surface area contributed by atoms with Gasteiger partial charge in [-0.2, -0.15) is 13.2 Å². The summed E-state index contributed by atoms with van der Waals surface area (Å²) in [5.41, 5.74) is -1.03. The lowest BCUT2D eigenvalue weighted by molar-refractivity contribution is -0.141. The van der Waals surface area contributed by atoms with Gasteiger partial charge in [0.2, 0.25) is 10.0 Å². The molecule has 1 saturated heterocycles. The van der Waals surface area contributed by atoms with Crippen molar-refractivity contribution in [2.45, 2.75) is 19.0 Å². The summed E-state index contributed by atoms with van der Waals surface area (Å²) in [6.45, 7) is 1.03. The number of hydrogen-bond acceptors (Lipinski definition) is 5. The van der Waals surface area contributed by atoms with Crippen molar-refractivity contribution in [3.05, 3.63) is 17.8 Å². The molecule has 0 saturated carbocycles. The predicted octanol–water partition coefficient (Wildman–Crippen LogP) is 1.00. The minimum absolute atomic E-state index is 0.0290. The minimum atomic E-state index is -4.51. The van der Waals surface area contributed by atoms with Gasteiger partial charge in [0.15, 0.2) is 11.5 Å². The molecule has 0 bridgehead atoms. The maximum absolute atomic E-state index is 12.4. The Hall–Kier alpha value is -1.42. The van der Waals surface area contributed by atoms with Gasteiger partial charge in [0, 0.05) is 13.1 Å². The van der Waals surface area contributed by atoms with Gasteiger partial charge in [-0.25, -0.2) is 13.6 Å². The van der Waals surface area contributed by atoms with E-state index in [1.54, 1.807) is 4.90 Å². The molecule has 0 aliphatic carbocycles. The first-order valence-electron chi connectivity index (χ1n) is 6.31. The Kier molecular flexibility index (Phi) is 4.38.